The zero-order valence-corrected chi connectivity index (χ0v) is 6.84. The van der Waals surface area contributed by atoms with Gasteiger partial charge in [0.25, 0.3) is 0 Å². The Bertz CT molecular complexity index is 283. The quantitative estimate of drug-likeness (QED) is 0.391. The molecule has 11 heavy (non-hydrogen) atoms. The van der Waals surface area contributed by atoms with Gasteiger partial charge in [-0.25, -0.2) is 0 Å². The third kappa shape index (κ3) is 1.95. The lowest BCUT2D eigenvalue weighted by Crippen LogP contribution is -1.82. The summed E-state index contributed by atoms with van der Waals surface area (Å²) in [4.78, 5) is 0. The first-order valence-corrected chi connectivity index (χ1v) is 3.55. The maximum atomic E-state index is 8.21. The molecule has 0 bridgehead atoms. The summed E-state index contributed by atoms with van der Waals surface area (Å²) in [5, 5.41) is 11.8. The van der Waals surface area contributed by atoms with E-state index in [4.69, 9.17) is 16.8 Å². The largest absolute Gasteiger partial charge is 0.411 e. The molecular formula is C8H8ClNO. The van der Waals surface area contributed by atoms with Crippen molar-refractivity contribution in [2.45, 2.75) is 6.92 Å². The van der Waals surface area contributed by atoms with Gasteiger partial charge in [-0.1, -0.05) is 28.9 Å². The first-order valence-electron chi connectivity index (χ1n) is 3.17. The topological polar surface area (TPSA) is 32.6 Å². The van der Waals surface area contributed by atoms with E-state index in [9.17, 15) is 0 Å². The van der Waals surface area contributed by atoms with Gasteiger partial charge in [0.2, 0.25) is 0 Å². The van der Waals surface area contributed by atoms with Crippen LogP contribution in [0.25, 0.3) is 0 Å². The van der Waals surface area contributed by atoms with Gasteiger partial charge >= 0.3 is 0 Å². The molecule has 0 aliphatic carbocycles. The minimum absolute atomic E-state index is 0.683. The van der Waals surface area contributed by atoms with Crippen LogP contribution in [0.15, 0.2) is 23.4 Å². The van der Waals surface area contributed by atoms with Crippen molar-refractivity contribution in [3.05, 3.63) is 34.3 Å². The van der Waals surface area contributed by atoms with Crippen LogP contribution in [0.4, 0.5) is 0 Å². The van der Waals surface area contributed by atoms with Crippen LogP contribution in [0, 0.1) is 6.92 Å². The highest BCUT2D eigenvalue weighted by molar-refractivity contribution is 6.31. The first-order chi connectivity index (χ1) is 5.24. The molecule has 0 amide bonds. The molecule has 2 nitrogen and oxygen atoms in total. The van der Waals surface area contributed by atoms with Crippen LogP contribution in [0.3, 0.4) is 0 Å². The Hall–Kier alpha value is -1.02. The highest BCUT2D eigenvalue weighted by Gasteiger charge is 1.94. The van der Waals surface area contributed by atoms with Crippen LogP contribution < -0.4 is 0 Å². The number of benzene rings is 1. The molecular weight excluding hydrogens is 162 g/mol. The molecule has 1 rings (SSSR count). The van der Waals surface area contributed by atoms with Crippen molar-refractivity contribution in [3.8, 4) is 0 Å². The van der Waals surface area contributed by atoms with Gasteiger partial charge in [-0.3, -0.25) is 0 Å². The van der Waals surface area contributed by atoms with Gasteiger partial charge in [0, 0.05) is 5.02 Å². The monoisotopic (exact) mass is 169 g/mol. The Labute approximate surface area is 70.1 Å². The molecule has 1 aromatic rings. The molecule has 3 heteroatoms. The molecule has 0 saturated heterocycles. The number of hydrogen-bond donors (Lipinski definition) is 1. The van der Waals surface area contributed by atoms with Gasteiger partial charge in [-0.15, -0.1) is 0 Å². The zero-order valence-electron chi connectivity index (χ0n) is 6.08. The third-order valence-corrected chi connectivity index (χ3v) is 1.81. The molecule has 0 radical (unpaired) electrons. The smallest absolute Gasteiger partial charge is 0.0734 e. The van der Waals surface area contributed by atoms with Crippen molar-refractivity contribution in [3.63, 3.8) is 0 Å². The Morgan fingerprint density at radius 2 is 2.27 bits per heavy atom. The van der Waals surface area contributed by atoms with Gasteiger partial charge < -0.3 is 5.21 Å². The van der Waals surface area contributed by atoms with Gasteiger partial charge in [-0.05, 0) is 24.1 Å². The minimum Gasteiger partial charge on any atom is -0.411 e. The second kappa shape index (κ2) is 3.39. The van der Waals surface area contributed by atoms with Gasteiger partial charge in [0.05, 0.1) is 6.21 Å². The van der Waals surface area contributed by atoms with E-state index in [2.05, 4.69) is 5.16 Å². The SMILES string of the molecule is Cc1ccc(C=NO)cc1Cl. The fourth-order valence-corrected chi connectivity index (χ4v) is 0.945. The number of hydrogen-bond acceptors (Lipinski definition) is 2. The van der Waals surface area contributed by atoms with E-state index in [0.29, 0.717) is 5.02 Å². The van der Waals surface area contributed by atoms with E-state index >= 15 is 0 Å². The number of rotatable bonds is 1. The molecule has 0 heterocycles. The van der Waals surface area contributed by atoms with Crippen molar-refractivity contribution in [1.82, 2.24) is 0 Å². The lowest BCUT2D eigenvalue weighted by molar-refractivity contribution is 0.322. The van der Waals surface area contributed by atoms with Gasteiger partial charge in [0.15, 0.2) is 0 Å². The fraction of sp³-hybridized carbons (Fsp3) is 0.125. The lowest BCUT2D eigenvalue weighted by atomic mass is 10.2. The Morgan fingerprint density at radius 1 is 1.55 bits per heavy atom. The first kappa shape index (κ1) is 8.08. The Balaban J connectivity index is 3.05. The maximum absolute atomic E-state index is 8.21. The summed E-state index contributed by atoms with van der Waals surface area (Å²) >= 11 is 5.81. The summed E-state index contributed by atoms with van der Waals surface area (Å²) in [5.41, 5.74) is 1.81. The normalized spacial score (nSPS) is 10.7. The molecule has 0 spiro atoms. The molecule has 0 aliphatic heterocycles. The molecule has 0 aromatic heterocycles. The van der Waals surface area contributed by atoms with E-state index < -0.39 is 0 Å². The van der Waals surface area contributed by atoms with Crippen molar-refractivity contribution < 1.29 is 5.21 Å². The zero-order chi connectivity index (χ0) is 8.27. The summed E-state index contributed by atoms with van der Waals surface area (Å²) in [6.45, 7) is 1.92. The molecule has 0 aliphatic rings. The molecule has 0 unspecified atom stereocenters. The number of halogens is 1. The molecule has 0 fully saturated rings. The van der Waals surface area contributed by atoms with Crippen molar-refractivity contribution in [1.29, 1.82) is 0 Å². The Morgan fingerprint density at radius 3 is 2.82 bits per heavy atom. The summed E-state index contributed by atoms with van der Waals surface area (Å²) in [7, 11) is 0. The van der Waals surface area contributed by atoms with E-state index in [-0.39, 0.29) is 0 Å². The molecule has 0 saturated carbocycles. The van der Waals surface area contributed by atoms with Crippen LogP contribution in [-0.4, -0.2) is 11.4 Å². The van der Waals surface area contributed by atoms with Crippen LogP contribution in [0.5, 0.6) is 0 Å². The van der Waals surface area contributed by atoms with Gasteiger partial charge in [0.1, 0.15) is 0 Å². The highest BCUT2D eigenvalue weighted by Crippen LogP contribution is 2.15. The predicted molar refractivity (Wildman–Crippen MR) is 45.6 cm³/mol. The van der Waals surface area contributed by atoms with Crippen molar-refractivity contribution in [2.24, 2.45) is 5.16 Å². The minimum atomic E-state index is 0.683. The number of oxime groups is 1. The summed E-state index contributed by atoms with van der Waals surface area (Å²) in [6, 6.07) is 5.46. The van der Waals surface area contributed by atoms with Crippen molar-refractivity contribution >= 4 is 17.8 Å². The standard InChI is InChI=1S/C8H8ClNO/c1-6-2-3-7(5-10-11)4-8(6)9/h2-5,11H,1H3. The number of aryl methyl sites for hydroxylation is 1. The average Bonchev–Trinajstić information content (AvgIpc) is 1.98. The van der Waals surface area contributed by atoms with E-state index in [1.807, 2.05) is 19.1 Å². The van der Waals surface area contributed by atoms with E-state index in [1.165, 1.54) is 6.21 Å². The van der Waals surface area contributed by atoms with Crippen LogP contribution in [0.1, 0.15) is 11.1 Å². The third-order valence-electron chi connectivity index (χ3n) is 1.40. The Kier molecular flexibility index (Phi) is 2.49. The lowest BCUT2D eigenvalue weighted by Gasteiger charge is -1.96. The predicted octanol–water partition coefficient (Wildman–Crippen LogP) is 2.46. The second-order valence-electron chi connectivity index (χ2n) is 2.25. The second-order valence-corrected chi connectivity index (χ2v) is 2.66. The molecule has 1 aromatic carbocycles. The van der Waals surface area contributed by atoms with Crippen molar-refractivity contribution in [2.75, 3.05) is 0 Å². The highest BCUT2D eigenvalue weighted by atomic mass is 35.5. The molecule has 0 atom stereocenters. The summed E-state index contributed by atoms with van der Waals surface area (Å²) in [5.74, 6) is 0. The van der Waals surface area contributed by atoms with Crippen LogP contribution >= 0.6 is 11.6 Å². The molecule has 1 N–H and O–H groups in total. The van der Waals surface area contributed by atoms with Gasteiger partial charge in [-0.2, -0.15) is 0 Å². The fourth-order valence-electron chi connectivity index (χ4n) is 0.756. The number of nitrogens with zero attached hydrogens (tertiary/aromatic N) is 1. The summed E-state index contributed by atoms with van der Waals surface area (Å²) in [6.07, 6.45) is 1.34. The van der Waals surface area contributed by atoms with Crippen LogP contribution in [-0.2, 0) is 0 Å². The maximum Gasteiger partial charge on any atom is 0.0734 e. The molecule has 58 valence electrons. The average molecular weight is 170 g/mol. The van der Waals surface area contributed by atoms with E-state index in [1.54, 1.807) is 6.07 Å². The summed E-state index contributed by atoms with van der Waals surface area (Å²) < 4.78 is 0. The van der Waals surface area contributed by atoms with E-state index in [0.717, 1.165) is 11.1 Å². The van der Waals surface area contributed by atoms with Crippen LogP contribution in [0.2, 0.25) is 5.02 Å².